The van der Waals surface area contributed by atoms with Gasteiger partial charge in [0.15, 0.2) is 0 Å². The van der Waals surface area contributed by atoms with Gasteiger partial charge in [0.05, 0.1) is 7.11 Å². The van der Waals surface area contributed by atoms with Gasteiger partial charge in [0.25, 0.3) is 0 Å². The number of rotatable bonds is 5. The van der Waals surface area contributed by atoms with Gasteiger partial charge >= 0.3 is 0 Å². The van der Waals surface area contributed by atoms with E-state index >= 15 is 0 Å². The Morgan fingerprint density at radius 2 is 1.87 bits per heavy atom. The summed E-state index contributed by atoms with van der Waals surface area (Å²) in [4.78, 5) is 0. The first-order valence-corrected chi connectivity index (χ1v) is 5.52. The van der Waals surface area contributed by atoms with Crippen LogP contribution in [0.25, 0.3) is 0 Å². The number of methoxy groups -OCH3 is 1. The minimum absolute atomic E-state index is 0.0342. The molecule has 1 aromatic rings. The molecule has 0 heterocycles. The van der Waals surface area contributed by atoms with E-state index in [1.54, 1.807) is 7.11 Å². The number of nitrogens with one attached hydrogen (secondary N) is 1. The second-order valence-corrected chi connectivity index (χ2v) is 5.47. The molecule has 0 amide bonds. The predicted molar refractivity (Wildman–Crippen MR) is 67.8 cm³/mol. The molecule has 0 fully saturated rings. The molecule has 0 unspecified atom stereocenters. The Kier molecular flexibility index (Phi) is 4.48. The molecule has 15 heavy (non-hydrogen) atoms. The lowest BCUT2D eigenvalue weighted by molar-refractivity contribution is 0.414. The van der Waals surface area contributed by atoms with Crippen molar-refractivity contribution >= 4 is 12.6 Å². The summed E-state index contributed by atoms with van der Waals surface area (Å²) in [7, 11) is 1.68. The van der Waals surface area contributed by atoms with Crippen LogP contribution < -0.4 is 10.1 Å². The summed E-state index contributed by atoms with van der Waals surface area (Å²) in [5.41, 5.74) is 1.26. The van der Waals surface area contributed by atoms with Crippen LogP contribution in [0, 0.1) is 0 Å². The van der Waals surface area contributed by atoms with Gasteiger partial charge in [-0.25, -0.2) is 0 Å². The quantitative estimate of drug-likeness (QED) is 0.751. The molecular weight excluding hydrogens is 206 g/mol. The van der Waals surface area contributed by atoms with Gasteiger partial charge in [0, 0.05) is 17.8 Å². The first-order chi connectivity index (χ1) is 7.01. The number of benzene rings is 1. The molecular formula is C12H19NOS. The average molecular weight is 225 g/mol. The van der Waals surface area contributed by atoms with Crippen LogP contribution >= 0.6 is 12.6 Å². The fourth-order valence-electron chi connectivity index (χ4n) is 1.26. The van der Waals surface area contributed by atoms with Crippen molar-refractivity contribution in [1.29, 1.82) is 0 Å². The number of thiol groups is 1. The van der Waals surface area contributed by atoms with Crippen LogP contribution in [0.5, 0.6) is 5.75 Å². The summed E-state index contributed by atoms with van der Waals surface area (Å²) in [6.07, 6.45) is 0. The largest absolute Gasteiger partial charge is 0.497 e. The SMILES string of the molecule is COc1ccc(CNCC(C)(C)S)cc1. The second-order valence-electron chi connectivity index (χ2n) is 4.26. The highest BCUT2D eigenvalue weighted by molar-refractivity contribution is 7.81. The van der Waals surface area contributed by atoms with Crippen molar-refractivity contribution in [3.63, 3.8) is 0 Å². The van der Waals surface area contributed by atoms with E-state index in [9.17, 15) is 0 Å². The third-order valence-corrected chi connectivity index (χ3v) is 2.20. The van der Waals surface area contributed by atoms with E-state index in [-0.39, 0.29) is 4.75 Å². The first-order valence-electron chi connectivity index (χ1n) is 5.07. The topological polar surface area (TPSA) is 21.3 Å². The molecule has 0 aliphatic carbocycles. The molecule has 0 aliphatic rings. The zero-order valence-corrected chi connectivity index (χ0v) is 10.5. The molecule has 1 rings (SSSR count). The lowest BCUT2D eigenvalue weighted by Gasteiger charge is -2.17. The van der Waals surface area contributed by atoms with Gasteiger partial charge in [-0.15, -0.1) is 0 Å². The van der Waals surface area contributed by atoms with E-state index in [0.717, 1.165) is 18.8 Å². The molecule has 0 atom stereocenters. The summed E-state index contributed by atoms with van der Waals surface area (Å²) >= 11 is 4.45. The molecule has 0 radical (unpaired) electrons. The Balaban J connectivity index is 2.38. The van der Waals surface area contributed by atoms with Crippen LogP contribution in [0.15, 0.2) is 24.3 Å². The van der Waals surface area contributed by atoms with Crippen LogP contribution in [0.2, 0.25) is 0 Å². The molecule has 2 nitrogen and oxygen atoms in total. The molecule has 0 aliphatic heterocycles. The van der Waals surface area contributed by atoms with Crippen molar-refractivity contribution in [3.05, 3.63) is 29.8 Å². The monoisotopic (exact) mass is 225 g/mol. The van der Waals surface area contributed by atoms with Gasteiger partial charge < -0.3 is 10.1 Å². The third kappa shape index (κ3) is 5.09. The fraction of sp³-hybridized carbons (Fsp3) is 0.500. The van der Waals surface area contributed by atoms with Crippen LogP contribution in [-0.4, -0.2) is 18.4 Å². The Morgan fingerprint density at radius 3 is 2.33 bits per heavy atom. The Labute approximate surface area is 97.4 Å². The van der Waals surface area contributed by atoms with Gasteiger partial charge in [0.1, 0.15) is 5.75 Å². The normalized spacial score (nSPS) is 11.5. The van der Waals surface area contributed by atoms with E-state index in [2.05, 4.69) is 43.9 Å². The summed E-state index contributed by atoms with van der Waals surface area (Å²) in [6, 6.07) is 8.08. The van der Waals surface area contributed by atoms with Crippen molar-refractivity contribution in [3.8, 4) is 5.75 Å². The maximum Gasteiger partial charge on any atom is 0.118 e. The minimum atomic E-state index is 0.0342. The summed E-state index contributed by atoms with van der Waals surface area (Å²) in [5, 5.41) is 3.36. The van der Waals surface area contributed by atoms with E-state index in [1.807, 2.05) is 12.1 Å². The average Bonchev–Trinajstić information content (AvgIpc) is 2.17. The smallest absolute Gasteiger partial charge is 0.118 e. The number of hydrogen-bond acceptors (Lipinski definition) is 3. The van der Waals surface area contributed by atoms with Gasteiger partial charge in [-0.2, -0.15) is 12.6 Å². The lowest BCUT2D eigenvalue weighted by atomic mass is 10.2. The zero-order valence-electron chi connectivity index (χ0n) is 9.58. The van der Waals surface area contributed by atoms with Gasteiger partial charge in [-0.05, 0) is 31.5 Å². The van der Waals surface area contributed by atoms with E-state index in [1.165, 1.54) is 5.56 Å². The van der Waals surface area contributed by atoms with E-state index < -0.39 is 0 Å². The maximum atomic E-state index is 5.10. The molecule has 1 N–H and O–H groups in total. The standard InChI is InChI=1S/C12H19NOS/c1-12(2,15)9-13-8-10-4-6-11(14-3)7-5-10/h4-7,13,15H,8-9H2,1-3H3. The molecule has 0 saturated carbocycles. The highest BCUT2D eigenvalue weighted by Gasteiger charge is 2.09. The molecule has 0 aromatic heterocycles. The Hall–Kier alpha value is -0.670. The third-order valence-electron chi connectivity index (χ3n) is 2.05. The van der Waals surface area contributed by atoms with Crippen LogP contribution in [-0.2, 0) is 6.54 Å². The highest BCUT2D eigenvalue weighted by atomic mass is 32.1. The van der Waals surface area contributed by atoms with Gasteiger partial charge in [-0.3, -0.25) is 0 Å². The molecule has 0 saturated heterocycles. The molecule has 84 valence electrons. The van der Waals surface area contributed by atoms with Crippen molar-refractivity contribution in [2.75, 3.05) is 13.7 Å². The van der Waals surface area contributed by atoms with Crippen LogP contribution in [0.3, 0.4) is 0 Å². The molecule has 1 aromatic carbocycles. The van der Waals surface area contributed by atoms with E-state index in [4.69, 9.17) is 4.74 Å². The minimum Gasteiger partial charge on any atom is -0.497 e. The number of hydrogen-bond donors (Lipinski definition) is 2. The van der Waals surface area contributed by atoms with Crippen LogP contribution in [0.4, 0.5) is 0 Å². The summed E-state index contributed by atoms with van der Waals surface area (Å²) in [6.45, 7) is 5.95. The van der Waals surface area contributed by atoms with Crippen molar-refractivity contribution in [1.82, 2.24) is 5.32 Å². The predicted octanol–water partition coefficient (Wildman–Crippen LogP) is 2.49. The zero-order chi connectivity index (χ0) is 11.3. The Morgan fingerprint density at radius 1 is 1.27 bits per heavy atom. The van der Waals surface area contributed by atoms with Crippen molar-refractivity contribution in [2.24, 2.45) is 0 Å². The molecule has 3 heteroatoms. The molecule has 0 bridgehead atoms. The lowest BCUT2D eigenvalue weighted by Crippen LogP contribution is -2.29. The van der Waals surface area contributed by atoms with Crippen molar-refractivity contribution < 1.29 is 4.74 Å². The van der Waals surface area contributed by atoms with Crippen LogP contribution in [0.1, 0.15) is 19.4 Å². The maximum absolute atomic E-state index is 5.10. The molecule has 0 spiro atoms. The van der Waals surface area contributed by atoms with Crippen molar-refractivity contribution in [2.45, 2.75) is 25.1 Å². The van der Waals surface area contributed by atoms with E-state index in [0.29, 0.717) is 0 Å². The highest BCUT2D eigenvalue weighted by Crippen LogP contribution is 2.12. The second kappa shape index (κ2) is 5.42. The van der Waals surface area contributed by atoms with Gasteiger partial charge in [0.2, 0.25) is 0 Å². The number of ether oxygens (including phenoxy) is 1. The Bertz CT molecular complexity index is 289. The summed E-state index contributed by atoms with van der Waals surface area (Å²) in [5.74, 6) is 0.897. The fourth-order valence-corrected chi connectivity index (χ4v) is 1.37. The summed E-state index contributed by atoms with van der Waals surface area (Å²) < 4.78 is 5.13. The first kappa shape index (κ1) is 12.4. The van der Waals surface area contributed by atoms with Gasteiger partial charge in [-0.1, -0.05) is 12.1 Å².